The van der Waals surface area contributed by atoms with E-state index in [0.717, 1.165) is 17.5 Å². The Balaban J connectivity index is 2.60. The molecule has 0 bridgehead atoms. The summed E-state index contributed by atoms with van der Waals surface area (Å²) in [6.45, 7) is 6.91. The molecular weight excluding hydrogens is 450 g/mol. The zero-order chi connectivity index (χ0) is 25.7. The molecule has 0 saturated carbocycles. The summed E-state index contributed by atoms with van der Waals surface area (Å²) in [6, 6.07) is 5.30. The number of benzene rings is 1. The monoisotopic (exact) mass is 489 g/mol. The van der Waals surface area contributed by atoms with Crippen molar-refractivity contribution in [1.29, 1.82) is 0 Å². The summed E-state index contributed by atoms with van der Waals surface area (Å²) in [5.41, 5.74) is 27.9. The molecule has 0 aliphatic rings. The third-order valence-electron chi connectivity index (χ3n) is 4.83. The van der Waals surface area contributed by atoms with Crippen molar-refractivity contribution in [3.05, 3.63) is 35.4 Å². The number of rotatable bonds is 13. The molecule has 0 aliphatic carbocycles. The first kappa shape index (κ1) is 29.4. The van der Waals surface area contributed by atoms with Gasteiger partial charge in [0.2, 0.25) is 11.8 Å². The third-order valence-corrected chi connectivity index (χ3v) is 5.71. The van der Waals surface area contributed by atoms with Gasteiger partial charge in [-0.25, -0.2) is 0 Å². The van der Waals surface area contributed by atoms with E-state index in [2.05, 4.69) is 47.1 Å². The summed E-state index contributed by atoms with van der Waals surface area (Å²) in [7, 11) is -1.41. The molecule has 188 valence electrons. The SMILES string of the molecule is C[Si](C)(C)C#Cc1ccc(CCCNC(=O)C(CNC(=O)C(N)CN)NC(N)C(N)C=O)cc1. The van der Waals surface area contributed by atoms with Gasteiger partial charge in [0.05, 0.1) is 18.2 Å². The minimum atomic E-state index is -1.41. The lowest BCUT2D eigenvalue weighted by atomic mass is 10.1. The molecule has 10 nitrogen and oxygen atoms in total. The molecule has 0 radical (unpaired) electrons. The van der Waals surface area contributed by atoms with Crippen LogP contribution in [0.5, 0.6) is 0 Å². The number of amides is 2. The highest BCUT2D eigenvalue weighted by Crippen LogP contribution is 2.07. The Hall–Kier alpha value is -2.59. The lowest BCUT2D eigenvalue weighted by Gasteiger charge is -2.25. The molecule has 0 aromatic heterocycles. The maximum absolute atomic E-state index is 12.7. The first-order valence-corrected chi connectivity index (χ1v) is 14.8. The average molecular weight is 490 g/mol. The second-order valence-corrected chi connectivity index (χ2v) is 13.9. The van der Waals surface area contributed by atoms with Crippen LogP contribution in [-0.4, -0.2) is 70.1 Å². The molecule has 0 fully saturated rings. The lowest BCUT2D eigenvalue weighted by molar-refractivity contribution is -0.125. The fraction of sp³-hybridized carbons (Fsp3) is 0.522. The van der Waals surface area contributed by atoms with Crippen molar-refractivity contribution in [2.75, 3.05) is 19.6 Å². The van der Waals surface area contributed by atoms with Gasteiger partial charge in [0, 0.05) is 25.2 Å². The van der Waals surface area contributed by atoms with E-state index in [-0.39, 0.29) is 19.0 Å². The van der Waals surface area contributed by atoms with Crippen LogP contribution in [0.15, 0.2) is 24.3 Å². The van der Waals surface area contributed by atoms with Crippen molar-refractivity contribution < 1.29 is 14.4 Å². The van der Waals surface area contributed by atoms with Crippen LogP contribution in [0.2, 0.25) is 19.6 Å². The van der Waals surface area contributed by atoms with E-state index < -0.39 is 38.3 Å². The van der Waals surface area contributed by atoms with Crippen LogP contribution in [0, 0.1) is 11.5 Å². The van der Waals surface area contributed by atoms with Crippen molar-refractivity contribution in [3.8, 4) is 11.5 Å². The molecule has 4 unspecified atom stereocenters. The van der Waals surface area contributed by atoms with Gasteiger partial charge < -0.3 is 38.4 Å². The molecule has 2 amide bonds. The van der Waals surface area contributed by atoms with Gasteiger partial charge >= 0.3 is 0 Å². The van der Waals surface area contributed by atoms with Gasteiger partial charge in [0.25, 0.3) is 0 Å². The van der Waals surface area contributed by atoms with Crippen LogP contribution in [0.4, 0.5) is 0 Å². The summed E-state index contributed by atoms with van der Waals surface area (Å²) in [6.07, 6.45) is 1.01. The summed E-state index contributed by atoms with van der Waals surface area (Å²) >= 11 is 0. The van der Waals surface area contributed by atoms with E-state index in [0.29, 0.717) is 19.3 Å². The fourth-order valence-corrected chi connectivity index (χ4v) is 3.26. The normalized spacial score (nSPS) is 14.7. The van der Waals surface area contributed by atoms with Crippen molar-refractivity contribution >= 4 is 26.2 Å². The van der Waals surface area contributed by atoms with Crippen molar-refractivity contribution in [2.45, 2.75) is 56.8 Å². The topological polar surface area (TPSA) is 191 Å². The van der Waals surface area contributed by atoms with E-state index in [1.54, 1.807) is 0 Å². The number of nitrogens with one attached hydrogen (secondary N) is 3. The molecular formula is C23H39N7O3Si. The third kappa shape index (κ3) is 11.5. The number of aldehydes is 1. The first-order valence-electron chi connectivity index (χ1n) is 11.3. The molecule has 0 aliphatic heterocycles. The molecule has 1 aromatic carbocycles. The van der Waals surface area contributed by atoms with Gasteiger partial charge in [-0.15, -0.1) is 5.54 Å². The average Bonchev–Trinajstić information content (AvgIpc) is 2.81. The second-order valence-electron chi connectivity index (χ2n) is 9.14. The summed E-state index contributed by atoms with van der Waals surface area (Å²) in [4.78, 5) is 35.5. The number of nitrogens with two attached hydrogens (primary N) is 4. The molecule has 0 saturated heterocycles. The standard InChI is InChI=1S/C23H39N7O3Si/c1-34(2,3)12-10-17-8-6-16(7-9-17)5-4-11-28-23(33)20(30-21(27)19(26)15-31)14-29-22(32)18(25)13-24/h6-9,15,18-21,30H,4-5,11,13-14,24-27H2,1-3H3,(H,28,33)(H,29,32). The van der Waals surface area contributed by atoms with E-state index in [4.69, 9.17) is 22.9 Å². The van der Waals surface area contributed by atoms with Crippen LogP contribution in [0.3, 0.4) is 0 Å². The Morgan fingerprint density at radius 1 is 1.06 bits per heavy atom. The zero-order valence-corrected chi connectivity index (χ0v) is 21.3. The number of hydrogen-bond donors (Lipinski definition) is 7. The lowest BCUT2D eigenvalue weighted by Crippen LogP contribution is -2.62. The summed E-state index contributed by atoms with van der Waals surface area (Å²) in [5.74, 6) is 2.35. The molecule has 34 heavy (non-hydrogen) atoms. The predicted octanol–water partition coefficient (Wildman–Crippen LogP) is -1.86. The quantitative estimate of drug-likeness (QED) is 0.0551. The van der Waals surface area contributed by atoms with Crippen LogP contribution in [-0.2, 0) is 20.8 Å². The highest BCUT2D eigenvalue weighted by molar-refractivity contribution is 6.83. The summed E-state index contributed by atoms with van der Waals surface area (Å²) in [5, 5.41) is 8.16. The number of carbonyl (C=O) groups excluding carboxylic acids is 3. The predicted molar refractivity (Wildman–Crippen MR) is 137 cm³/mol. The maximum Gasteiger partial charge on any atom is 0.239 e. The van der Waals surface area contributed by atoms with Crippen molar-refractivity contribution in [2.24, 2.45) is 22.9 Å². The van der Waals surface area contributed by atoms with Gasteiger partial charge in [0.1, 0.15) is 20.4 Å². The Kier molecular flexibility index (Phi) is 12.7. The Morgan fingerprint density at radius 3 is 2.26 bits per heavy atom. The highest BCUT2D eigenvalue weighted by atomic mass is 28.3. The van der Waals surface area contributed by atoms with E-state index in [1.165, 1.54) is 0 Å². The molecule has 11 heteroatoms. The molecule has 1 aromatic rings. The van der Waals surface area contributed by atoms with Gasteiger partial charge in [0.15, 0.2) is 0 Å². The molecule has 4 atom stereocenters. The molecule has 0 spiro atoms. The van der Waals surface area contributed by atoms with Gasteiger partial charge in [-0.05, 0) is 30.5 Å². The largest absolute Gasteiger partial charge is 0.355 e. The van der Waals surface area contributed by atoms with Crippen LogP contribution in [0.1, 0.15) is 17.5 Å². The van der Waals surface area contributed by atoms with Gasteiger partial charge in [-0.1, -0.05) is 37.7 Å². The molecule has 1 rings (SSSR count). The first-order chi connectivity index (χ1) is 16.0. The Morgan fingerprint density at radius 2 is 1.71 bits per heavy atom. The van der Waals surface area contributed by atoms with Crippen LogP contribution >= 0.6 is 0 Å². The number of carbonyl (C=O) groups is 3. The van der Waals surface area contributed by atoms with E-state index in [1.807, 2.05) is 24.3 Å². The highest BCUT2D eigenvalue weighted by Gasteiger charge is 2.24. The van der Waals surface area contributed by atoms with Crippen LogP contribution in [0.25, 0.3) is 0 Å². The van der Waals surface area contributed by atoms with E-state index in [9.17, 15) is 14.4 Å². The molecule has 11 N–H and O–H groups in total. The number of hydrogen-bond acceptors (Lipinski definition) is 8. The van der Waals surface area contributed by atoms with Crippen LogP contribution < -0.4 is 38.9 Å². The van der Waals surface area contributed by atoms with Crippen molar-refractivity contribution in [3.63, 3.8) is 0 Å². The maximum atomic E-state index is 12.7. The fourth-order valence-electron chi connectivity index (χ4n) is 2.74. The Labute approximate surface area is 203 Å². The minimum Gasteiger partial charge on any atom is -0.355 e. The molecule has 0 heterocycles. The smallest absolute Gasteiger partial charge is 0.239 e. The zero-order valence-electron chi connectivity index (χ0n) is 20.3. The number of aryl methyl sites for hydroxylation is 1. The van der Waals surface area contributed by atoms with E-state index >= 15 is 0 Å². The summed E-state index contributed by atoms with van der Waals surface area (Å²) < 4.78 is 0. The van der Waals surface area contributed by atoms with Gasteiger partial charge in [-0.2, -0.15) is 0 Å². The van der Waals surface area contributed by atoms with Gasteiger partial charge in [-0.3, -0.25) is 14.9 Å². The Bertz CT molecular complexity index is 862. The van der Waals surface area contributed by atoms with Crippen molar-refractivity contribution in [1.82, 2.24) is 16.0 Å². The second kappa shape index (κ2) is 14.6. The minimum absolute atomic E-state index is 0.0302.